The van der Waals surface area contributed by atoms with Crippen molar-refractivity contribution in [3.63, 3.8) is 0 Å². The fourth-order valence-corrected chi connectivity index (χ4v) is 1.63. The summed E-state index contributed by atoms with van der Waals surface area (Å²) in [5, 5.41) is 12.2. The maximum Gasteiger partial charge on any atom is 0.251 e. The summed E-state index contributed by atoms with van der Waals surface area (Å²) >= 11 is 5.73. The number of halogens is 1. The summed E-state index contributed by atoms with van der Waals surface area (Å²) in [6.07, 6.45) is 1.60. The number of aromatic amines is 1. The molecule has 3 N–H and O–H groups in total. The zero-order valence-corrected chi connectivity index (χ0v) is 11.3. The van der Waals surface area contributed by atoms with Crippen LogP contribution in [-0.4, -0.2) is 28.6 Å². The summed E-state index contributed by atoms with van der Waals surface area (Å²) in [5.41, 5.74) is 1.25. The molecule has 1 heterocycles. The Morgan fingerprint density at radius 3 is 2.55 bits per heavy atom. The van der Waals surface area contributed by atoms with Gasteiger partial charge in [0.25, 0.3) is 5.91 Å². The van der Waals surface area contributed by atoms with E-state index in [0.29, 0.717) is 17.1 Å². The third-order valence-corrected chi connectivity index (χ3v) is 2.80. The van der Waals surface area contributed by atoms with Crippen LogP contribution in [-0.2, 0) is 11.3 Å². The fraction of sp³-hybridized carbons (Fsp3) is 0.154. The lowest BCUT2D eigenvalue weighted by molar-refractivity contribution is -0.120. The first-order chi connectivity index (χ1) is 9.65. The molecule has 0 bridgehead atoms. The predicted octanol–water partition coefficient (Wildman–Crippen LogP) is 1.11. The zero-order valence-electron chi connectivity index (χ0n) is 10.5. The predicted molar refractivity (Wildman–Crippen MR) is 74.2 cm³/mol. The van der Waals surface area contributed by atoms with Crippen molar-refractivity contribution in [1.82, 2.24) is 20.8 Å². The molecule has 0 radical (unpaired) electrons. The molecule has 6 nitrogen and oxygen atoms in total. The number of benzene rings is 1. The van der Waals surface area contributed by atoms with Crippen molar-refractivity contribution in [1.29, 1.82) is 0 Å². The highest BCUT2D eigenvalue weighted by molar-refractivity contribution is 6.30. The number of hydrogen-bond donors (Lipinski definition) is 3. The Morgan fingerprint density at radius 2 is 1.90 bits per heavy atom. The lowest BCUT2D eigenvalue weighted by atomic mass is 10.2. The molecule has 0 unspecified atom stereocenters. The summed E-state index contributed by atoms with van der Waals surface area (Å²) in [6, 6.07) is 8.19. The lowest BCUT2D eigenvalue weighted by Crippen LogP contribution is -2.36. The fourth-order valence-electron chi connectivity index (χ4n) is 1.50. The van der Waals surface area contributed by atoms with Crippen LogP contribution in [0.5, 0.6) is 0 Å². The van der Waals surface area contributed by atoms with E-state index in [4.69, 9.17) is 11.6 Å². The second kappa shape index (κ2) is 6.72. The largest absolute Gasteiger partial charge is 0.349 e. The van der Waals surface area contributed by atoms with Gasteiger partial charge in [0.05, 0.1) is 18.8 Å². The second-order valence-electron chi connectivity index (χ2n) is 4.05. The molecule has 2 aromatic rings. The van der Waals surface area contributed by atoms with E-state index in [1.165, 1.54) is 0 Å². The number of H-pyrrole nitrogens is 1. The van der Waals surface area contributed by atoms with Crippen LogP contribution in [0, 0.1) is 0 Å². The van der Waals surface area contributed by atoms with Gasteiger partial charge in [-0.25, -0.2) is 0 Å². The normalized spacial score (nSPS) is 10.1. The average Bonchev–Trinajstić information content (AvgIpc) is 2.96. The zero-order chi connectivity index (χ0) is 14.4. The van der Waals surface area contributed by atoms with Crippen molar-refractivity contribution >= 4 is 23.4 Å². The van der Waals surface area contributed by atoms with Gasteiger partial charge in [-0.05, 0) is 30.3 Å². The van der Waals surface area contributed by atoms with Crippen molar-refractivity contribution in [3.8, 4) is 0 Å². The topological polar surface area (TPSA) is 86.9 Å². The van der Waals surface area contributed by atoms with E-state index in [9.17, 15) is 9.59 Å². The number of rotatable bonds is 5. The van der Waals surface area contributed by atoms with Gasteiger partial charge in [0.1, 0.15) is 0 Å². The van der Waals surface area contributed by atoms with Gasteiger partial charge in [-0.3, -0.25) is 14.7 Å². The number of aromatic nitrogens is 2. The molecular formula is C13H13ClN4O2. The van der Waals surface area contributed by atoms with Crippen LogP contribution in [0.15, 0.2) is 36.5 Å². The van der Waals surface area contributed by atoms with E-state index in [1.807, 2.05) is 0 Å². The van der Waals surface area contributed by atoms with Crippen LogP contribution in [0.1, 0.15) is 16.1 Å². The Kier molecular flexibility index (Phi) is 4.73. The van der Waals surface area contributed by atoms with Crippen molar-refractivity contribution in [2.45, 2.75) is 6.54 Å². The van der Waals surface area contributed by atoms with Gasteiger partial charge < -0.3 is 10.6 Å². The lowest BCUT2D eigenvalue weighted by Gasteiger charge is -2.06. The third-order valence-electron chi connectivity index (χ3n) is 2.55. The van der Waals surface area contributed by atoms with Gasteiger partial charge >= 0.3 is 0 Å². The number of hydrogen-bond acceptors (Lipinski definition) is 3. The number of carbonyl (C=O) groups is 2. The van der Waals surface area contributed by atoms with Gasteiger partial charge in [0.15, 0.2) is 0 Å². The van der Waals surface area contributed by atoms with Crippen molar-refractivity contribution in [3.05, 3.63) is 52.8 Å². The van der Waals surface area contributed by atoms with E-state index < -0.39 is 0 Å². The average molecular weight is 293 g/mol. The smallest absolute Gasteiger partial charge is 0.251 e. The quantitative estimate of drug-likeness (QED) is 0.771. The molecule has 0 saturated carbocycles. The Labute approximate surface area is 120 Å². The standard InChI is InChI=1S/C13H13ClN4O2/c14-10-3-1-9(2-4-10)13(20)16-8-12(19)15-7-11-5-6-17-18-11/h1-6H,7-8H2,(H,15,19)(H,16,20)(H,17,18). The monoisotopic (exact) mass is 292 g/mol. The van der Waals surface area contributed by atoms with Gasteiger partial charge in [-0.15, -0.1) is 0 Å². The van der Waals surface area contributed by atoms with Gasteiger partial charge in [-0.1, -0.05) is 11.6 Å². The molecular weight excluding hydrogens is 280 g/mol. The molecule has 2 rings (SSSR count). The molecule has 0 aliphatic rings. The minimum absolute atomic E-state index is 0.0877. The number of amides is 2. The molecule has 1 aromatic heterocycles. The second-order valence-corrected chi connectivity index (χ2v) is 4.48. The van der Waals surface area contributed by atoms with Crippen LogP contribution >= 0.6 is 11.6 Å². The van der Waals surface area contributed by atoms with Crippen molar-refractivity contribution in [2.24, 2.45) is 0 Å². The first-order valence-electron chi connectivity index (χ1n) is 5.94. The van der Waals surface area contributed by atoms with E-state index in [1.54, 1.807) is 36.5 Å². The van der Waals surface area contributed by atoms with Crippen molar-refractivity contribution in [2.75, 3.05) is 6.54 Å². The maximum absolute atomic E-state index is 11.7. The molecule has 104 valence electrons. The minimum atomic E-state index is -0.321. The Balaban J connectivity index is 1.75. The first kappa shape index (κ1) is 14.1. The van der Waals surface area contributed by atoms with E-state index in [2.05, 4.69) is 20.8 Å². The molecule has 2 amide bonds. The van der Waals surface area contributed by atoms with E-state index in [0.717, 1.165) is 5.69 Å². The van der Waals surface area contributed by atoms with Crippen LogP contribution in [0.3, 0.4) is 0 Å². The highest BCUT2D eigenvalue weighted by Gasteiger charge is 2.07. The Morgan fingerprint density at radius 1 is 1.15 bits per heavy atom. The van der Waals surface area contributed by atoms with E-state index >= 15 is 0 Å². The van der Waals surface area contributed by atoms with Gasteiger partial charge in [0.2, 0.25) is 5.91 Å². The highest BCUT2D eigenvalue weighted by atomic mass is 35.5. The highest BCUT2D eigenvalue weighted by Crippen LogP contribution is 2.09. The van der Waals surface area contributed by atoms with Gasteiger partial charge in [0, 0.05) is 16.8 Å². The molecule has 0 aliphatic heterocycles. The number of nitrogens with zero attached hydrogens (tertiary/aromatic N) is 1. The van der Waals surface area contributed by atoms with Crippen molar-refractivity contribution < 1.29 is 9.59 Å². The molecule has 20 heavy (non-hydrogen) atoms. The van der Waals surface area contributed by atoms with E-state index in [-0.39, 0.29) is 18.4 Å². The van der Waals surface area contributed by atoms with Gasteiger partial charge in [-0.2, -0.15) is 5.10 Å². The number of nitrogens with one attached hydrogen (secondary N) is 3. The summed E-state index contributed by atoms with van der Waals surface area (Å²) < 4.78 is 0. The SMILES string of the molecule is O=C(CNC(=O)c1ccc(Cl)cc1)NCc1ccn[nH]1. The summed E-state index contributed by atoms with van der Waals surface area (Å²) in [5.74, 6) is -0.597. The van der Waals surface area contributed by atoms with Crippen LogP contribution in [0.25, 0.3) is 0 Å². The molecule has 1 aromatic carbocycles. The molecule has 0 saturated heterocycles. The number of carbonyl (C=O) groups excluding carboxylic acids is 2. The first-order valence-corrected chi connectivity index (χ1v) is 6.31. The Bertz CT molecular complexity index is 581. The van der Waals surface area contributed by atoms with Crippen LogP contribution < -0.4 is 10.6 Å². The van der Waals surface area contributed by atoms with Crippen LogP contribution in [0.4, 0.5) is 0 Å². The summed E-state index contributed by atoms with van der Waals surface area (Å²) in [4.78, 5) is 23.3. The molecule has 0 atom stereocenters. The minimum Gasteiger partial charge on any atom is -0.349 e. The van der Waals surface area contributed by atoms with Crippen LogP contribution in [0.2, 0.25) is 5.02 Å². The summed E-state index contributed by atoms with van der Waals surface area (Å²) in [7, 11) is 0. The molecule has 0 fully saturated rings. The molecule has 7 heteroatoms. The third kappa shape index (κ3) is 4.10. The summed E-state index contributed by atoms with van der Waals surface area (Å²) in [6.45, 7) is 0.255. The molecule has 0 aliphatic carbocycles. The molecule has 0 spiro atoms. The maximum atomic E-state index is 11.7. The Hall–Kier alpha value is -2.34.